The minimum Gasteiger partial charge on any atom is -0.304 e. The first-order valence-electron chi connectivity index (χ1n) is 6.14. The molecule has 2 atom stereocenters. The molecule has 1 N–H and O–H groups in total. The third-order valence-electron chi connectivity index (χ3n) is 2.96. The zero-order chi connectivity index (χ0) is 13.7. The molecule has 5 heteroatoms. The van der Waals surface area contributed by atoms with E-state index in [0.29, 0.717) is 5.75 Å². The smallest absolute Gasteiger partial charge is 0.0798 e. The Labute approximate surface area is 120 Å². The van der Waals surface area contributed by atoms with Crippen LogP contribution in [0.5, 0.6) is 0 Å². The summed E-state index contributed by atoms with van der Waals surface area (Å²) in [5, 5.41) is 3.49. The van der Waals surface area contributed by atoms with E-state index in [9.17, 15) is 4.21 Å². The number of rotatable bonds is 6. The molecule has 1 heterocycles. The van der Waals surface area contributed by atoms with Gasteiger partial charge in [0.2, 0.25) is 0 Å². The molecule has 0 fully saturated rings. The molecular formula is C14H18N2OS2. The monoisotopic (exact) mass is 294 g/mol. The topological polar surface area (TPSA) is 42.0 Å². The summed E-state index contributed by atoms with van der Waals surface area (Å²) in [5.41, 5.74) is 4.11. The van der Waals surface area contributed by atoms with Crippen LogP contribution >= 0.6 is 11.3 Å². The molecule has 0 unspecified atom stereocenters. The fourth-order valence-electron chi connectivity index (χ4n) is 1.90. The summed E-state index contributed by atoms with van der Waals surface area (Å²) in [6, 6.07) is 10.3. The highest BCUT2D eigenvalue weighted by molar-refractivity contribution is 7.84. The minimum absolute atomic E-state index is 0.119. The van der Waals surface area contributed by atoms with Crippen molar-refractivity contribution >= 4 is 22.1 Å². The number of nitrogens with zero attached hydrogens (tertiary/aromatic N) is 1. The van der Waals surface area contributed by atoms with Gasteiger partial charge in [-0.3, -0.25) is 4.21 Å². The lowest BCUT2D eigenvalue weighted by Crippen LogP contribution is -2.25. The van der Waals surface area contributed by atoms with Crippen molar-refractivity contribution in [3.05, 3.63) is 52.0 Å². The molecule has 0 amide bonds. The molecule has 0 aliphatic carbocycles. The van der Waals surface area contributed by atoms with Crippen molar-refractivity contribution in [1.82, 2.24) is 10.3 Å². The van der Waals surface area contributed by atoms with Gasteiger partial charge in [0.05, 0.1) is 11.2 Å². The van der Waals surface area contributed by atoms with Gasteiger partial charge >= 0.3 is 0 Å². The largest absolute Gasteiger partial charge is 0.304 e. The van der Waals surface area contributed by atoms with Gasteiger partial charge in [0.15, 0.2) is 0 Å². The van der Waals surface area contributed by atoms with E-state index in [1.54, 1.807) is 17.6 Å². The van der Waals surface area contributed by atoms with Crippen molar-refractivity contribution in [3.8, 4) is 0 Å². The molecule has 1 aromatic heterocycles. The number of aryl methyl sites for hydroxylation is 1. The number of thiazole rings is 1. The zero-order valence-corrected chi connectivity index (χ0v) is 12.8. The van der Waals surface area contributed by atoms with Crippen molar-refractivity contribution in [2.75, 3.05) is 12.0 Å². The fourth-order valence-corrected chi connectivity index (χ4v) is 3.41. The van der Waals surface area contributed by atoms with Crippen molar-refractivity contribution in [1.29, 1.82) is 0 Å². The third kappa shape index (κ3) is 4.23. The normalized spacial score (nSPS) is 14.2. The lowest BCUT2D eigenvalue weighted by Gasteiger charge is -2.17. The molecule has 0 saturated carbocycles. The highest BCUT2D eigenvalue weighted by Crippen LogP contribution is 2.17. The van der Waals surface area contributed by atoms with E-state index in [1.165, 1.54) is 10.4 Å². The van der Waals surface area contributed by atoms with Crippen LogP contribution in [0.2, 0.25) is 0 Å². The Morgan fingerprint density at radius 1 is 1.37 bits per heavy atom. The number of aromatic nitrogens is 1. The maximum atomic E-state index is 11.5. The van der Waals surface area contributed by atoms with E-state index >= 15 is 0 Å². The summed E-state index contributed by atoms with van der Waals surface area (Å²) in [6.07, 6.45) is 1.75. The van der Waals surface area contributed by atoms with Crippen LogP contribution in [0, 0.1) is 6.92 Å². The predicted molar refractivity (Wildman–Crippen MR) is 81.8 cm³/mol. The molecule has 102 valence electrons. The summed E-state index contributed by atoms with van der Waals surface area (Å²) in [6.45, 7) is 2.79. The molecule has 3 nitrogen and oxygen atoms in total. The van der Waals surface area contributed by atoms with Crippen LogP contribution in [0.15, 0.2) is 35.8 Å². The van der Waals surface area contributed by atoms with E-state index in [0.717, 1.165) is 12.2 Å². The van der Waals surface area contributed by atoms with Gasteiger partial charge in [-0.2, -0.15) is 0 Å². The van der Waals surface area contributed by atoms with Crippen molar-refractivity contribution in [3.63, 3.8) is 0 Å². The second-order valence-electron chi connectivity index (χ2n) is 4.44. The van der Waals surface area contributed by atoms with Crippen LogP contribution < -0.4 is 5.32 Å². The number of benzene rings is 1. The Hall–Kier alpha value is -1.04. The van der Waals surface area contributed by atoms with E-state index in [-0.39, 0.29) is 6.04 Å². The minimum atomic E-state index is -0.824. The van der Waals surface area contributed by atoms with Crippen LogP contribution in [-0.4, -0.2) is 21.2 Å². The van der Waals surface area contributed by atoms with Gasteiger partial charge < -0.3 is 5.32 Å². The number of hydrogen-bond acceptors (Lipinski definition) is 4. The van der Waals surface area contributed by atoms with Crippen LogP contribution in [-0.2, 0) is 17.3 Å². The second-order valence-corrected chi connectivity index (χ2v) is 6.86. The Balaban J connectivity index is 2.06. The first-order valence-corrected chi connectivity index (χ1v) is 8.75. The molecular weight excluding hydrogens is 276 g/mol. The molecule has 2 aromatic rings. The summed E-state index contributed by atoms with van der Waals surface area (Å²) in [7, 11) is -0.824. The maximum absolute atomic E-state index is 11.5. The second kappa shape index (κ2) is 6.93. The summed E-state index contributed by atoms with van der Waals surface area (Å²) >= 11 is 1.66. The predicted octanol–water partition coefficient (Wildman–Crippen LogP) is 2.66. The first kappa shape index (κ1) is 14.4. The van der Waals surface area contributed by atoms with Gasteiger partial charge in [-0.1, -0.05) is 30.3 Å². The molecule has 0 aliphatic heterocycles. The Bertz CT molecular complexity index is 539. The molecule has 0 bridgehead atoms. The zero-order valence-electron chi connectivity index (χ0n) is 11.1. The van der Waals surface area contributed by atoms with E-state index < -0.39 is 10.8 Å². The van der Waals surface area contributed by atoms with Gasteiger partial charge in [-0.15, -0.1) is 11.3 Å². The van der Waals surface area contributed by atoms with Crippen LogP contribution in [0.3, 0.4) is 0 Å². The molecule has 0 radical (unpaired) electrons. The maximum Gasteiger partial charge on any atom is 0.0798 e. The van der Waals surface area contributed by atoms with Gasteiger partial charge in [-0.25, -0.2) is 4.98 Å². The van der Waals surface area contributed by atoms with Gasteiger partial charge in [0, 0.05) is 40.3 Å². The van der Waals surface area contributed by atoms with Gasteiger partial charge in [0.1, 0.15) is 0 Å². The van der Waals surface area contributed by atoms with E-state index in [2.05, 4.69) is 22.4 Å². The Kier molecular flexibility index (Phi) is 5.24. The molecule has 19 heavy (non-hydrogen) atoms. The van der Waals surface area contributed by atoms with Crippen molar-refractivity contribution in [2.45, 2.75) is 19.5 Å². The average Bonchev–Trinajstić information content (AvgIpc) is 2.81. The standard InChI is InChI=1S/C14H18N2OS2/c1-11-14(18-10-16-11)8-15-13(9-19(2)17)12-6-4-3-5-7-12/h3-7,10,13,15H,8-9H2,1-2H3/t13-,19+/m1/s1. The van der Waals surface area contributed by atoms with E-state index in [4.69, 9.17) is 0 Å². The number of nitrogens with one attached hydrogen (secondary N) is 1. The SMILES string of the molecule is Cc1ncsc1CN[C@H](C[S@](C)=O)c1ccccc1. The lowest BCUT2D eigenvalue weighted by molar-refractivity contribution is 0.576. The highest BCUT2D eigenvalue weighted by Gasteiger charge is 2.13. The van der Waals surface area contributed by atoms with Gasteiger partial charge in [-0.05, 0) is 12.5 Å². The molecule has 0 spiro atoms. The highest BCUT2D eigenvalue weighted by atomic mass is 32.2. The molecule has 0 aliphatic rings. The quantitative estimate of drug-likeness (QED) is 0.890. The third-order valence-corrected chi connectivity index (χ3v) is 4.70. The van der Waals surface area contributed by atoms with E-state index in [1.807, 2.05) is 30.6 Å². The Morgan fingerprint density at radius 2 is 2.11 bits per heavy atom. The van der Waals surface area contributed by atoms with Gasteiger partial charge in [0.25, 0.3) is 0 Å². The summed E-state index contributed by atoms with van der Waals surface area (Å²) < 4.78 is 11.5. The fraction of sp³-hybridized carbons (Fsp3) is 0.357. The lowest BCUT2D eigenvalue weighted by atomic mass is 10.1. The summed E-state index contributed by atoms with van der Waals surface area (Å²) in [4.78, 5) is 5.49. The Morgan fingerprint density at radius 3 is 2.68 bits per heavy atom. The van der Waals surface area contributed by atoms with Crippen LogP contribution in [0.4, 0.5) is 0 Å². The van der Waals surface area contributed by atoms with Crippen LogP contribution in [0.1, 0.15) is 22.2 Å². The summed E-state index contributed by atoms with van der Waals surface area (Å²) in [5.74, 6) is 0.627. The molecule has 1 aromatic carbocycles. The van der Waals surface area contributed by atoms with Crippen molar-refractivity contribution < 1.29 is 4.21 Å². The van der Waals surface area contributed by atoms with Crippen molar-refractivity contribution in [2.24, 2.45) is 0 Å². The molecule has 0 saturated heterocycles. The number of hydrogen-bond donors (Lipinski definition) is 1. The van der Waals surface area contributed by atoms with Crippen LogP contribution in [0.25, 0.3) is 0 Å². The average molecular weight is 294 g/mol. The molecule has 2 rings (SSSR count). The first-order chi connectivity index (χ1) is 9.16.